The lowest BCUT2D eigenvalue weighted by atomic mass is 10.2. The zero-order valence-corrected chi connectivity index (χ0v) is 10.5. The second kappa shape index (κ2) is 6.02. The molecular weight excluding hydrogens is 228 g/mol. The molecule has 0 radical (unpaired) electrons. The number of ether oxygens (including phenoxy) is 2. The van der Waals surface area contributed by atoms with Crippen LogP contribution in [-0.4, -0.2) is 19.1 Å². The molecule has 1 aromatic carbocycles. The zero-order chi connectivity index (χ0) is 12.8. The molecule has 0 saturated carbocycles. The first-order valence-corrected chi connectivity index (χ1v) is 5.73. The second-order valence-electron chi connectivity index (χ2n) is 3.82. The third kappa shape index (κ3) is 3.21. The standard InChI is InChI=1S/C14H16N2O2/c1-15-9-11-4-3-5-12(8-11)18-14-7-6-13(17-2)10-16-14/h3-8,10,15H,9H2,1-2H3. The Kier molecular flexibility index (Phi) is 4.15. The smallest absolute Gasteiger partial charge is 0.219 e. The molecule has 0 aliphatic carbocycles. The van der Waals surface area contributed by atoms with E-state index < -0.39 is 0 Å². The average molecular weight is 244 g/mol. The van der Waals surface area contributed by atoms with Crippen molar-refractivity contribution >= 4 is 0 Å². The average Bonchev–Trinajstić information content (AvgIpc) is 2.40. The van der Waals surface area contributed by atoms with E-state index in [0.29, 0.717) is 11.6 Å². The molecule has 0 aliphatic heterocycles. The molecule has 2 rings (SSSR count). The zero-order valence-electron chi connectivity index (χ0n) is 10.5. The van der Waals surface area contributed by atoms with E-state index in [1.54, 1.807) is 19.4 Å². The molecule has 0 spiro atoms. The maximum atomic E-state index is 5.67. The molecule has 0 bridgehead atoms. The molecule has 0 fully saturated rings. The normalized spacial score (nSPS) is 10.1. The van der Waals surface area contributed by atoms with Crippen LogP contribution in [0.15, 0.2) is 42.6 Å². The number of benzene rings is 1. The van der Waals surface area contributed by atoms with Gasteiger partial charge in [-0.3, -0.25) is 0 Å². The van der Waals surface area contributed by atoms with E-state index in [1.807, 2.05) is 37.4 Å². The van der Waals surface area contributed by atoms with E-state index in [0.717, 1.165) is 12.3 Å². The van der Waals surface area contributed by atoms with Gasteiger partial charge in [-0.1, -0.05) is 12.1 Å². The van der Waals surface area contributed by atoms with Crippen molar-refractivity contribution in [2.75, 3.05) is 14.2 Å². The van der Waals surface area contributed by atoms with Crippen molar-refractivity contribution in [3.8, 4) is 17.4 Å². The molecule has 18 heavy (non-hydrogen) atoms. The van der Waals surface area contributed by atoms with Gasteiger partial charge in [-0.2, -0.15) is 0 Å². The van der Waals surface area contributed by atoms with Crippen molar-refractivity contribution in [2.24, 2.45) is 0 Å². The highest BCUT2D eigenvalue weighted by atomic mass is 16.5. The van der Waals surface area contributed by atoms with Crippen LogP contribution in [0.4, 0.5) is 0 Å². The lowest BCUT2D eigenvalue weighted by Gasteiger charge is -2.07. The summed E-state index contributed by atoms with van der Waals surface area (Å²) in [4.78, 5) is 4.16. The van der Waals surface area contributed by atoms with E-state index in [1.165, 1.54) is 5.56 Å². The van der Waals surface area contributed by atoms with Crippen molar-refractivity contribution in [3.63, 3.8) is 0 Å². The monoisotopic (exact) mass is 244 g/mol. The Labute approximate surface area is 107 Å². The van der Waals surface area contributed by atoms with Crippen molar-refractivity contribution in [1.29, 1.82) is 0 Å². The topological polar surface area (TPSA) is 43.4 Å². The summed E-state index contributed by atoms with van der Waals surface area (Å²) in [6.07, 6.45) is 1.63. The van der Waals surface area contributed by atoms with Gasteiger partial charge in [0.25, 0.3) is 0 Å². The Bertz CT molecular complexity index is 497. The number of hydrogen-bond donors (Lipinski definition) is 1. The number of nitrogens with zero attached hydrogens (tertiary/aromatic N) is 1. The Morgan fingerprint density at radius 2 is 2.06 bits per heavy atom. The summed E-state index contributed by atoms with van der Waals surface area (Å²) in [6.45, 7) is 0.813. The van der Waals surface area contributed by atoms with Crippen LogP contribution in [0.25, 0.3) is 0 Å². The van der Waals surface area contributed by atoms with Gasteiger partial charge in [0.2, 0.25) is 5.88 Å². The van der Waals surface area contributed by atoms with Crippen LogP contribution in [0, 0.1) is 0 Å². The fraction of sp³-hybridized carbons (Fsp3) is 0.214. The van der Waals surface area contributed by atoms with Crippen LogP contribution in [0.1, 0.15) is 5.56 Å². The van der Waals surface area contributed by atoms with Crippen LogP contribution in [0.5, 0.6) is 17.4 Å². The fourth-order valence-corrected chi connectivity index (χ4v) is 1.59. The van der Waals surface area contributed by atoms with Crippen molar-refractivity contribution < 1.29 is 9.47 Å². The summed E-state index contributed by atoms with van der Waals surface area (Å²) in [5, 5.41) is 3.10. The van der Waals surface area contributed by atoms with Crippen molar-refractivity contribution in [2.45, 2.75) is 6.54 Å². The third-order valence-electron chi connectivity index (χ3n) is 2.45. The SMILES string of the molecule is CNCc1cccc(Oc2ccc(OC)cn2)c1. The number of rotatable bonds is 5. The molecule has 0 unspecified atom stereocenters. The molecule has 0 aliphatic rings. The van der Waals surface area contributed by atoms with Gasteiger partial charge in [-0.15, -0.1) is 0 Å². The first-order valence-electron chi connectivity index (χ1n) is 5.73. The maximum absolute atomic E-state index is 5.67. The molecule has 4 heteroatoms. The van der Waals surface area contributed by atoms with E-state index in [4.69, 9.17) is 9.47 Å². The summed E-state index contributed by atoms with van der Waals surface area (Å²) in [7, 11) is 3.53. The summed E-state index contributed by atoms with van der Waals surface area (Å²) >= 11 is 0. The molecule has 0 atom stereocenters. The minimum atomic E-state index is 0.553. The molecule has 0 saturated heterocycles. The quantitative estimate of drug-likeness (QED) is 0.878. The van der Waals surface area contributed by atoms with E-state index in [9.17, 15) is 0 Å². The molecule has 2 aromatic rings. The lowest BCUT2D eigenvalue weighted by Crippen LogP contribution is -2.04. The molecule has 1 N–H and O–H groups in total. The number of pyridine rings is 1. The highest BCUT2D eigenvalue weighted by Gasteiger charge is 2.00. The number of methoxy groups -OCH3 is 1. The van der Waals surface area contributed by atoms with Crippen LogP contribution < -0.4 is 14.8 Å². The first kappa shape index (κ1) is 12.4. The van der Waals surface area contributed by atoms with Crippen LogP contribution >= 0.6 is 0 Å². The fourth-order valence-electron chi connectivity index (χ4n) is 1.59. The van der Waals surface area contributed by atoms with Crippen molar-refractivity contribution in [1.82, 2.24) is 10.3 Å². The summed E-state index contributed by atoms with van der Waals surface area (Å²) in [5.41, 5.74) is 1.17. The lowest BCUT2D eigenvalue weighted by molar-refractivity contribution is 0.407. The molecule has 1 aromatic heterocycles. The minimum Gasteiger partial charge on any atom is -0.495 e. The van der Waals surface area contributed by atoms with Crippen LogP contribution in [0.3, 0.4) is 0 Å². The Morgan fingerprint density at radius 1 is 1.17 bits per heavy atom. The molecule has 94 valence electrons. The molecule has 0 amide bonds. The van der Waals surface area contributed by atoms with Gasteiger partial charge >= 0.3 is 0 Å². The maximum Gasteiger partial charge on any atom is 0.219 e. The number of hydrogen-bond acceptors (Lipinski definition) is 4. The van der Waals surface area contributed by atoms with Gasteiger partial charge in [-0.05, 0) is 30.8 Å². The largest absolute Gasteiger partial charge is 0.495 e. The Balaban J connectivity index is 2.09. The van der Waals surface area contributed by atoms with Gasteiger partial charge in [0.15, 0.2) is 0 Å². The van der Waals surface area contributed by atoms with Gasteiger partial charge < -0.3 is 14.8 Å². The molecule has 4 nitrogen and oxygen atoms in total. The predicted octanol–water partition coefficient (Wildman–Crippen LogP) is 2.60. The summed E-state index contributed by atoms with van der Waals surface area (Å²) in [6, 6.07) is 11.5. The van der Waals surface area contributed by atoms with Gasteiger partial charge in [0, 0.05) is 12.6 Å². The minimum absolute atomic E-state index is 0.553. The first-order chi connectivity index (χ1) is 8.81. The number of nitrogens with one attached hydrogen (secondary N) is 1. The van der Waals surface area contributed by atoms with Gasteiger partial charge in [0.05, 0.1) is 13.3 Å². The number of aromatic nitrogens is 1. The summed E-state index contributed by atoms with van der Waals surface area (Å²) in [5.74, 6) is 2.05. The predicted molar refractivity (Wildman–Crippen MR) is 70.1 cm³/mol. The van der Waals surface area contributed by atoms with Crippen molar-refractivity contribution in [3.05, 3.63) is 48.2 Å². The van der Waals surface area contributed by atoms with Crippen LogP contribution in [-0.2, 0) is 6.54 Å². The highest BCUT2D eigenvalue weighted by molar-refractivity contribution is 5.32. The summed E-state index contributed by atoms with van der Waals surface area (Å²) < 4.78 is 10.7. The third-order valence-corrected chi connectivity index (χ3v) is 2.45. The second-order valence-corrected chi connectivity index (χ2v) is 3.82. The molecule has 1 heterocycles. The van der Waals surface area contributed by atoms with E-state index >= 15 is 0 Å². The Morgan fingerprint density at radius 3 is 2.72 bits per heavy atom. The van der Waals surface area contributed by atoms with Gasteiger partial charge in [0.1, 0.15) is 11.5 Å². The highest BCUT2D eigenvalue weighted by Crippen LogP contribution is 2.21. The Hall–Kier alpha value is -2.07. The van der Waals surface area contributed by atoms with Gasteiger partial charge in [-0.25, -0.2) is 4.98 Å². The van der Waals surface area contributed by atoms with Crippen LogP contribution in [0.2, 0.25) is 0 Å². The van der Waals surface area contributed by atoms with E-state index in [-0.39, 0.29) is 0 Å². The van der Waals surface area contributed by atoms with E-state index in [2.05, 4.69) is 10.3 Å². The molecular formula is C14H16N2O2.